The van der Waals surface area contributed by atoms with Gasteiger partial charge in [0.1, 0.15) is 19.0 Å². The lowest BCUT2D eigenvalue weighted by Gasteiger charge is -2.21. The first kappa shape index (κ1) is 18.1. The molecule has 1 atom stereocenters. The molecule has 0 bridgehead atoms. The summed E-state index contributed by atoms with van der Waals surface area (Å²) in [7, 11) is 0. The SMILES string of the molecule is Cc1cc(C)c(C)c(OCC(=O)N[C@@H](C)c2ccc3c(c2)OCCO3)c1. The maximum Gasteiger partial charge on any atom is 0.258 e. The van der Waals surface area contributed by atoms with Crippen molar-refractivity contribution >= 4 is 5.91 Å². The van der Waals surface area contributed by atoms with E-state index in [4.69, 9.17) is 14.2 Å². The molecule has 0 aliphatic carbocycles. The summed E-state index contributed by atoms with van der Waals surface area (Å²) in [6.45, 7) is 9.08. The summed E-state index contributed by atoms with van der Waals surface area (Å²) in [5.74, 6) is 2.06. The van der Waals surface area contributed by atoms with Crippen LogP contribution in [0.4, 0.5) is 0 Å². The number of hydrogen-bond acceptors (Lipinski definition) is 4. The van der Waals surface area contributed by atoms with Crippen molar-refractivity contribution < 1.29 is 19.0 Å². The first-order valence-corrected chi connectivity index (χ1v) is 8.83. The topological polar surface area (TPSA) is 56.8 Å². The fourth-order valence-electron chi connectivity index (χ4n) is 2.99. The number of aryl methyl sites for hydroxylation is 2. The van der Waals surface area contributed by atoms with E-state index in [-0.39, 0.29) is 18.6 Å². The monoisotopic (exact) mass is 355 g/mol. The Kier molecular flexibility index (Phi) is 5.35. The van der Waals surface area contributed by atoms with E-state index >= 15 is 0 Å². The number of nitrogens with one attached hydrogen (secondary N) is 1. The van der Waals surface area contributed by atoms with Crippen LogP contribution in [-0.4, -0.2) is 25.7 Å². The number of hydrogen-bond donors (Lipinski definition) is 1. The van der Waals surface area contributed by atoms with E-state index < -0.39 is 0 Å². The van der Waals surface area contributed by atoms with Gasteiger partial charge in [-0.3, -0.25) is 4.79 Å². The van der Waals surface area contributed by atoms with Gasteiger partial charge in [-0.2, -0.15) is 0 Å². The highest BCUT2D eigenvalue weighted by atomic mass is 16.6. The third kappa shape index (κ3) is 4.10. The molecule has 0 aromatic heterocycles. The van der Waals surface area contributed by atoms with Crippen molar-refractivity contribution in [3.05, 3.63) is 52.6 Å². The fraction of sp³-hybridized carbons (Fsp3) is 0.381. The van der Waals surface area contributed by atoms with Crippen molar-refractivity contribution in [1.82, 2.24) is 5.32 Å². The molecular formula is C21H25NO4. The average molecular weight is 355 g/mol. The Morgan fingerprint density at radius 2 is 1.85 bits per heavy atom. The average Bonchev–Trinajstić information content (AvgIpc) is 2.63. The molecule has 0 unspecified atom stereocenters. The molecule has 2 aromatic carbocycles. The van der Waals surface area contributed by atoms with Crippen molar-refractivity contribution in [2.45, 2.75) is 33.7 Å². The summed E-state index contributed by atoms with van der Waals surface area (Å²) >= 11 is 0. The van der Waals surface area contributed by atoms with Crippen molar-refractivity contribution in [3.63, 3.8) is 0 Å². The predicted molar refractivity (Wildman–Crippen MR) is 100 cm³/mol. The summed E-state index contributed by atoms with van der Waals surface area (Å²) in [5, 5.41) is 2.96. The maximum atomic E-state index is 12.3. The normalized spacial score (nSPS) is 13.8. The van der Waals surface area contributed by atoms with Gasteiger partial charge < -0.3 is 19.5 Å². The Hall–Kier alpha value is -2.69. The summed E-state index contributed by atoms with van der Waals surface area (Å²) in [4.78, 5) is 12.3. The molecule has 1 aliphatic heterocycles. The molecule has 0 spiro atoms. The zero-order valence-corrected chi connectivity index (χ0v) is 15.7. The zero-order chi connectivity index (χ0) is 18.7. The van der Waals surface area contributed by atoms with Crippen LogP contribution in [0.1, 0.15) is 35.2 Å². The molecule has 1 aliphatic rings. The number of ether oxygens (including phenoxy) is 3. The Morgan fingerprint density at radius 3 is 2.62 bits per heavy atom. The summed E-state index contributed by atoms with van der Waals surface area (Å²) in [5.41, 5.74) is 4.30. The smallest absolute Gasteiger partial charge is 0.258 e. The second-order valence-electron chi connectivity index (χ2n) is 6.69. The minimum atomic E-state index is -0.161. The Bertz CT molecular complexity index is 816. The Labute approximate surface area is 154 Å². The number of carbonyl (C=O) groups is 1. The van der Waals surface area contributed by atoms with Crippen LogP contribution in [-0.2, 0) is 4.79 Å². The van der Waals surface area contributed by atoms with Crippen LogP contribution in [0.25, 0.3) is 0 Å². The van der Waals surface area contributed by atoms with Gasteiger partial charge in [0.2, 0.25) is 0 Å². The van der Waals surface area contributed by atoms with Crippen molar-refractivity contribution in [2.75, 3.05) is 19.8 Å². The molecule has 0 radical (unpaired) electrons. The molecule has 0 saturated carbocycles. The third-order valence-corrected chi connectivity index (χ3v) is 4.57. The molecular weight excluding hydrogens is 330 g/mol. The van der Waals surface area contributed by atoms with Crippen LogP contribution in [0.15, 0.2) is 30.3 Å². The number of carbonyl (C=O) groups excluding carboxylic acids is 1. The summed E-state index contributed by atoms with van der Waals surface area (Å²) in [6.07, 6.45) is 0. The maximum absolute atomic E-state index is 12.3. The van der Waals surface area contributed by atoms with E-state index in [1.165, 1.54) is 0 Å². The first-order valence-electron chi connectivity index (χ1n) is 8.83. The largest absolute Gasteiger partial charge is 0.486 e. The van der Waals surface area contributed by atoms with E-state index in [0.717, 1.165) is 39.5 Å². The van der Waals surface area contributed by atoms with Crippen LogP contribution in [0.3, 0.4) is 0 Å². The minimum absolute atomic E-state index is 0.0153. The van der Waals surface area contributed by atoms with Gasteiger partial charge >= 0.3 is 0 Å². The highest BCUT2D eigenvalue weighted by Gasteiger charge is 2.16. The number of rotatable bonds is 5. The Morgan fingerprint density at radius 1 is 1.12 bits per heavy atom. The molecule has 1 heterocycles. The van der Waals surface area contributed by atoms with Gasteiger partial charge in [0.15, 0.2) is 18.1 Å². The lowest BCUT2D eigenvalue weighted by atomic mass is 10.1. The quantitative estimate of drug-likeness (QED) is 0.890. The lowest BCUT2D eigenvalue weighted by Crippen LogP contribution is -2.31. The number of benzene rings is 2. The van der Waals surface area contributed by atoms with Crippen molar-refractivity contribution in [3.8, 4) is 17.2 Å². The molecule has 26 heavy (non-hydrogen) atoms. The van der Waals surface area contributed by atoms with Crippen molar-refractivity contribution in [2.24, 2.45) is 0 Å². The van der Waals surface area contributed by atoms with Gasteiger partial charge in [0.05, 0.1) is 6.04 Å². The Balaban J connectivity index is 1.60. The van der Waals surface area contributed by atoms with Gasteiger partial charge in [-0.25, -0.2) is 0 Å². The van der Waals surface area contributed by atoms with Crippen LogP contribution in [0, 0.1) is 20.8 Å². The van der Waals surface area contributed by atoms with Crippen LogP contribution in [0.2, 0.25) is 0 Å². The van der Waals surface area contributed by atoms with Crippen molar-refractivity contribution in [1.29, 1.82) is 0 Å². The van der Waals surface area contributed by atoms with Gasteiger partial charge in [-0.1, -0.05) is 12.1 Å². The minimum Gasteiger partial charge on any atom is -0.486 e. The number of fused-ring (bicyclic) bond motifs is 1. The van der Waals surface area contributed by atoms with Crippen LogP contribution >= 0.6 is 0 Å². The first-order chi connectivity index (χ1) is 12.4. The molecule has 138 valence electrons. The molecule has 1 N–H and O–H groups in total. The van der Waals surface area contributed by atoms with Crippen LogP contribution in [0.5, 0.6) is 17.2 Å². The van der Waals surface area contributed by atoms with E-state index in [1.54, 1.807) is 0 Å². The molecule has 1 amide bonds. The molecule has 5 heteroatoms. The van der Waals surface area contributed by atoms with E-state index in [2.05, 4.69) is 11.4 Å². The predicted octanol–water partition coefficient (Wildman–Crippen LogP) is 3.64. The number of amides is 1. The van der Waals surface area contributed by atoms with Gasteiger partial charge in [-0.05, 0) is 68.1 Å². The highest BCUT2D eigenvalue weighted by Crippen LogP contribution is 2.32. The fourth-order valence-corrected chi connectivity index (χ4v) is 2.99. The molecule has 0 saturated heterocycles. The summed E-state index contributed by atoms with van der Waals surface area (Å²) in [6, 6.07) is 9.64. The molecule has 5 nitrogen and oxygen atoms in total. The van der Waals surface area contributed by atoms with Gasteiger partial charge in [-0.15, -0.1) is 0 Å². The van der Waals surface area contributed by atoms with Gasteiger partial charge in [0.25, 0.3) is 5.91 Å². The lowest BCUT2D eigenvalue weighted by molar-refractivity contribution is -0.123. The molecule has 0 fully saturated rings. The van der Waals surface area contributed by atoms with Gasteiger partial charge in [0, 0.05) is 0 Å². The summed E-state index contributed by atoms with van der Waals surface area (Å²) < 4.78 is 16.9. The third-order valence-electron chi connectivity index (χ3n) is 4.57. The van der Waals surface area contributed by atoms with E-state index in [0.29, 0.717) is 13.2 Å². The van der Waals surface area contributed by atoms with E-state index in [1.807, 2.05) is 52.0 Å². The second kappa shape index (κ2) is 7.68. The van der Waals surface area contributed by atoms with Crippen LogP contribution < -0.4 is 19.5 Å². The second-order valence-corrected chi connectivity index (χ2v) is 6.69. The zero-order valence-electron chi connectivity index (χ0n) is 15.7. The van der Waals surface area contributed by atoms with E-state index in [9.17, 15) is 4.79 Å². The highest BCUT2D eigenvalue weighted by molar-refractivity contribution is 5.78. The standard InChI is InChI=1S/C21H25NO4/c1-13-9-14(2)15(3)19(10-13)26-12-21(23)22-16(4)17-5-6-18-20(11-17)25-8-7-24-18/h5-6,9-11,16H,7-8,12H2,1-4H3,(H,22,23)/t16-/m0/s1. The molecule has 2 aromatic rings. The molecule has 3 rings (SSSR count).